The Kier molecular flexibility index (Phi) is 5.24. The summed E-state index contributed by atoms with van der Waals surface area (Å²) in [5, 5.41) is 7.04. The van der Waals surface area contributed by atoms with Crippen molar-refractivity contribution in [3.05, 3.63) is 47.5 Å². The Balaban J connectivity index is 1.55. The molecule has 0 saturated heterocycles. The van der Waals surface area contributed by atoms with Crippen molar-refractivity contribution in [3.63, 3.8) is 0 Å². The molecule has 1 aliphatic carbocycles. The zero-order valence-electron chi connectivity index (χ0n) is 15.2. The molecule has 1 heterocycles. The molecule has 2 N–H and O–H groups in total. The van der Waals surface area contributed by atoms with Gasteiger partial charge in [0.25, 0.3) is 0 Å². The first kappa shape index (κ1) is 17.0. The molecular formula is C20H30N4. The summed E-state index contributed by atoms with van der Waals surface area (Å²) in [7, 11) is 1.85. The SMILES string of the molecule is CN=C(NCC(C)(C)N1CCc2ccccc2C1)NC1CC=CC1. The monoisotopic (exact) mass is 326 g/mol. The first-order chi connectivity index (χ1) is 11.6. The molecule has 3 rings (SSSR count). The lowest BCUT2D eigenvalue weighted by Gasteiger charge is -2.42. The van der Waals surface area contributed by atoms with Gasteiger partial charge in [-0.25, -0.2) is 0 Å². The summed E-state index contributed by atoms with van der Waals surface area (Å²) in [6.45, 7) is 7.67. The Hall–Kier alpha value is -1.81. The second-order valence-electron chi connectivity index (χ2n) is 7.46. The Morgan fingerprint density at radius 1 is 1.21 bits per heavy atom. The van der Waals surface area contributed by atoms with Crippen molar-refractivity contribution in [1.29, 1.82) is 0 Å². The maximum Gasteiger partial charge on any atom is 0.191 e. The average molecular weight is 326 g/mol. The van der Waals surface area contributed by atoms with Gasteiger partial charge in [0.05, 0.1) is 0 Å². The predicted octanol–water partition coefficient (Wildman–Crippen LogP) is 2.71. The van der Waals surface area contributed by atoms with Crippen LogP contribution in [0, 0.1) is 0 Å². The zero-order chi connectivity index (χ0) is 17.0. The number of hydrogen-bond acceptors (Lipinski definition) is 2. The quantitative estimate of drug-likeness (QED) is 0.508. The van der Waals surface area contributed by atoms with Crippen molar-refractivity contribution in [1.82, 2.24) is 15.5 Å². The van der Waals surface area contributed by atoms with Crippen LogP contribution in [0.15, 0.2) is 41.4 Å². The first-order valence-electron chi connectivity index (χ1n) is 9.02. The van der Waals surface area contributed by atoms with E-state index < -0.39 is 0 Å². The van der Waals surface area contributed by atoms with Gasteiger partial charge >= 0.3 is 0 Å². The molecule has 0 saturated carbocycles. The Labute approximate surface area is 146 Å². The third kappa shape index (κ3) is 3.99. The lowest BCUT2D eigenvalue weighted by atomic mass is 9.94. The highest BCUT2D eigenvalue weighted by Crippen LogP contribution is 2.24. The van der Waals surface area contributed by atoms with Crippen LogP contribution in [0.5, 0.6) is 0 Å². The molecule has 1 aromatic rings. The van der Waals surface area contributed by atoms with E-state index in [2.05, 4.69) is 70.8 Å². The van der Waals surface area contributed by atoms with Gasteiger partial charge in [-0.2, -0.15) is 0 Å². The lowest BCUT2D eigenvalue weighted by molar-refractivity contribution is 0.107. The van der Waals surface area contributed by atoms with E-state index in [9.17, 15) is 0 Å². The van der Waals surface area contributed by atoms with Crippen LogP contribution in [-0.2, 0) is 13.0 Å². The van der Waals surface area contributed by atoms with Crippen LogP contribution in [0.2, 0.25) is 0 Å². The number of guanidine groups is 1. The summed E-state index contributed by atoms with van der Waals surface area (Å²) in [5.74, 6) is 0.911. The first-order valence-corrected chi connectivity index (χ1v) is 9.02. The van der Waals surface area contributed by atoms with Gasteiger partial charge in [-0.15, -0.1) is 0 Å². The van der Waals surface area contributed by atoms with Crippen molar-refractivity contribution >= 4 is 5.96 Å². The highest BCUT2D eigenvalue weighted by atomic mass is 15.2. The number of nitrogens with one attached hydrogen (secondary N) is 2. The highest BCUT2D eigenvalue weighted by Gasteiger charge is 2.30. The van der Waals surface area contributed by atoms with E-state index in [4.69, 9.17) is 0 Å². The summed E-state index contributed by atoms with van der Waals surface area (Å²) in [5.41, 5.74) is 3.05. The molecule has 4 heteroatoms. The molecule has 0 spiro atoms. The van der Waals surface area contributed by atoms with Crippen LogP contribution in [0.4, 0.5) is 0 Å². The molecule has 0 unspecified atom stereocenters. The molecule has 0 aromatic heterocycles. The van der Waals surface area contributed by atoms with E-state index in [0.29, 0.717) is 6.04 Å². The average Bonchev–Trinajstić information content (AvgIpc) is 3.11. The summed E-state index contributed by atoms with van der Waals surface area (Å²) < 4.78 is 0. The van der Waals surface area contributed by atoms with Gasteiger partial charge in [0, 0.05) is 38.3 Å². The summed E-state index contributed by atoms with van der Waals surface area (Å²) in [6, 6.07) is 9.31. The number of rotatable bonds is 4. The Morgan fingerprint density at radius 3 is 2.62 bits per heavy atom. The van der Waals surface area contributed by atoms with Crippen LogP contribution < -0.4 is 10.6 Å². The molecule has 0 fully saturated rings. The molecule has 0 amide bonds. The molecule has 130 valence electrons. The number of fused-ring (bicyclic) bond motifs is 1. The molecular weight excluding hydrogens is 296 g/mol. The minimum atomic E-state index is 0.0824. The van der Waals surface area contributed by atoms with Crippen LogP contribution >= 0.6 is 0 Å². The second-order valence-corrected chi connectivity index (χ2v) is 7.46. The molecule has 1 aromatic carbocycles. The van der Waals surface area contributed by atoms with Gasteiger partial charge in [0.2, 0.25) is 0 Å². The molecule has 1 aliphatic heterocycles. The number of benzene rings is 1. The van der Waals surface area contributed by atoms with Crippen molar-refractivity contribution < 1.29 is 0 Å². The second kappa shape index (κ2) is 7.39. The fraction of sp³-hybridized carbons (Fsp3) is 0.550. The van der Waals surface area contributed by atoms with Crippen LogP contribution in [0.3, 0.4) is 0 Å². The van der Waals surface area contributed by atoms with Crippen LogP contribution in [0.1, 0.15) is 37.8 Å². The Morgan fingerprint density at radius 2 is 1.92 bits per heavy atom. The van der Waals surface area contributed by atoms with Gasteiger partial charge < -0.3 is 10.6 Å². The minimum Gasteiger partial charge on any atom is -0.355 e. The van der Waals surface area contributed by atoms with Crippen molar-refractivity contribution in [2.45, 2.75) is 51.2 Å². The number of hydrogen-bond donors (Lipinski definition) is 2. The zero-order valence-corrected chi connectivity index (χ0v) is 15.2. The van der Waals surface area contributed by atoms with Gasteiger partial charge in [-0.3, -0.25) is 9.89 Å². The van der Waals surface area contributed by atoms with E-state index in [-0.39, 0.29) is 5.54 Å². The fourth-order valence-electron chi connectivity index (χ4n) is 3.55. The van der Waals surface area contributed by atoms with Gasteiger partial charge in [-0.1, -0.05) is 36.4 Å². The molecule has 0 bridgehead atoms. The van der Waals surface area contributed by atoms with Gasteiger partial charge in [0.15, 0.2) is 5.96 Å². The van der Waals surface area contributed by atoms with E-state index in [1.807, 2.05) is 7.05 Å². The van der Waals surface area contributed by atoms with Gasteiger partial charge in [-0.05, 0) is 44.2 Å². The number of aliphatic imine (C=N–C) groups is 1. The van der Waals surface area contributed by atoms with Crippen molar-refractivity contribution in [3.8, 4) is 0 Å². The lowest BCUT2D eigenvalue weighted by Crippen LogP contribution is -2.55. The summed E-state index contributed by atoms with van der Waals surface area (Å²) in [4.78, 5) is 6.96. The highest BCUT2D eigenvalue weighted by molar-refractivity contribution is 5.80. The standard InChI is InChI=1S/C20H30N4/c1-20(2,15-22-19(21-3)23-18-10-6-7-11-18)24-13-12-16-8-4-5-9-17(16)14-24/h4-9,18H,10-15H2,1-3H3,(H2,21,22,23). The third-order valence-electron chi connectivity index (χ3n) is 5.25. The maximum atomic E-state index is 4.38. The normalized spacial score (nSPS) is 19.4. The van der Waals surface area contributed by atoms with E-state index >= 15 is 0 Å². The minimum absolute atomic E-state index is 0.0824. The molecule has 4 nitrogen and oxygen atoms in total. The van der Waals surface area contributed by atoms with Crippen molar-refractivity contribution in [2.75, 3.05) is 20.1 Å². The summed E-state index contributed by atoms with van der Waals surface area (Å²) >= 11 is 0. The predicted molar refractivity (Wildman–Crippen MR) is 101 cm³/mol. The van der Waals surface area contributed by atoms with Crippen LogP contribution in [0.25, 0.3) is 0 Å². The van der Waals surface area contributed by atoms with E-state index in [1.54, 1.807) is 0 Å². The van der Waals surface area contributed by atoms with Gasteiger partial charge in [0.1, 0.15) is 0 Å². The topological polar surface area (TPSA) is 39.7 Å². The Bertz CT molecular complexity index is 610. The maximum absolute atomic E-state index is 4.38. The van der Waals surface area contributed by atoms with E-state index in [1.165, 1.54) is 11.1 Å². The molecule has 0 radical (unpaired) electrons. The van der Waals surface area contributed by atoms with Crippen LogP contribution in [-0.4, -0.2) is 42.6 Å². The third-order valence-corrected chi connectivity index (χ3v) is 5.25. The molecule has 2 aliphatic rings. The molecule has 24 heavy (non-hydrogen) atoms. The van der Waals surface area contributed by atoms with E-state index in [0.717, 1.165) is 44.9 Å². The van der Waals surface area contributed by atoms with Crippen molar-refractivity contribution in [2.24, 2.45) is 4.99 Å². The smallest absolute Gasteiger partial charge is 0.191 e. The fourth-order valence-corrected chi connectivity index (χ4v) is 3.55. The molecule has 0 atom stereocenters. The summed E-state index contributed by atoms with van der Waals surface area (Å²) in [6.07, 6.45) is 7.79. The largest absolute Gasteiger partial charge is 0.355 e. The number of nitrogens with zero attached hydrogens (tertiary/aromatic N) is 2.